The highest BCUT2D eigenvalue weighted by Crippen LogP contribution is 2.29. The molecule has 1 saturated heterocycles. The molecule has 28 heavy (non-hydrogen) atoms. The molecule has 1 fully saturated rings. The van der Waals surface area contributed by atoms with Crippen LogP contribution in [0, 0.1) is 5.92 Å². The van der Waals surface area contributed by atoms with Crippen molar-refractivity contribution in [2.75, 3.05) is 18.9 Å². The first kappa shape index (κ1) is 18.7. The van der Waals surface area contributed by atoms with Gasteiger partial charge in [0.05, 0.1) is 23.7 Å². The van der Waals surface area contributed by atoms with Crippen LogP contribution in [-0.4, -0.2) is 39.7 Å². The standard InChI is InChI=1S/C21H27N5O2/c1-13(2)9-10-23-21(27)17-18-20(25-16-8-4-3-7-15(16)24-18)26(19(17)22)12-14-6-5-11-28-14/h3-4,7-8,13-14H,5-6,9-12,22H2,1-2H3,(H,23,27)/t14-/m1/s1. The van der Waals surface area contributed by atoms with Gasteiger partial charge < -0.3 is 20.4 Å². The average molecular weight is 381 g/mol. The Bertz CT molecular complexity index is 1000. The lowest BCUT2D eigenvalue weighted by molar-refractivity contribution is 0.0948. The van der Waals surface area contributed by atoms with Crippen LogP contribution >= 0.6 is 0 Å². The number of para-hydroxylation sites is 2. The number of carbonyl (C=O) groups is 1. The van der Waals surface area contributed by atoms with E-state index in [0.717, 1.165) is 36.9 Å². The molecule has 1 aromatic carbocycles. The van der Waals surface area contributed by atoms with E-state index in [0.29, 0.717) is 41.6 Å². The molecule has 148 valence electrons. The number of fused-ring (bicyclic) bond motifs is 2. The lowest BCUT2D eigenvalue weighted by Gasteiger charge is -2.13. The van der Waals surface area contributed by atoms with Crippen molar-refractivity contribution in [1.82, 2.24) is 19.9 Å². The van der Waals surface area contributed by atoms with Crippen molar-refractivity contribution in [3.63, 3.8) is 0 Å². The van der Waals surface area contributed by atoms with E-state index >= 15 is 0 Å². The van der Waals surface area contributed by atoms with Gasteiger partial charge in [0.2, 0.25) is 0 Å². The smallest absolute Gasteiger partial charge is 0.257 e. The Hall–Kier alpha value is -2.67. The number of benzene rings is 1. The summed E-state index contributed by atoms with van der Waals surface area (Å²) in [6.45, 7) is 6.21. The molecular weight excluding hydrogens is 354 g/mol. The lowest BCUT2D eigenvalue weighted by Crippen LogP contribution is -2.26. The van der Waals surface area contributed by atoms with Crippen LogP contribution in [-0.2, 0) is 11.3 Å². The molecule has 7 nitrogen and oxygen atoms in total. The van der Waals surface area contributed by atoms with Gasteiger partial charge in [-0.15, -0.1) is 0 Å². The summed E-state index contributed by atoms with van der Waals surface area (Å²) < 4.78 is 7.68. The molecule has 1 atom stereocenters. The second-order valence-electron chi connectivity index (χ2n) is 7.83. The van der Waals surface area contributed by atoms with Crippen LogP contribution in [0.1, 0.15) is 43.5 Å². The third-order valence-electron chi connectivity index (χ3n) is 5.24. The van der Waals surface area contributed by atoms with E-state index in [1.165, 1.54) is 0 Å². The minimum atomic E-state index is -0.196. The van der Waals surface area contributed by atoms with E-state index in [9.17, 15) is 4.79 Å². The normalized spacial score (nSPS) is 17.0. The Labute approximate surface area is 164 Å². The fourth-order valence-electron chi connectivity index (χ4n) is 3.68. The van der Waals surface area contributed by atoms with Gasteiger partial charge in [0.15, 0.2) is 5.65 Å². The van der Waals surface area contributed by atoms with E-state index in [2.05, 4.69) is 19.2 Å². The van der Waals surface area contributed by atoms with Crippen molar-refractivity contribution in [3.8, 4) is 0 Å². The molecule has 1 aliphatic heterocycles. The van der Waals surface area contributed by atoms with Gasteiger partial charge in [0.25, 0.3) is 5.91 Å². The molecule has 3 heterocycles. The minimum Gasteiger partial charge on any atom is -0.384 e. The molecule has 1 aliphatic rings. The maximum Gasteiger partial charge on any atom is 0.257 e. The van der Waals surface area contributed by atoms with Gasteiger partial charge in [0.1, 0.15) is 16.9 Å². The summed E-state index contributed by atoms with van der Waals surface area (Å²) in [5.41, 5.74) is 9.60. The zero-order valence-electron chi connectivity index (χ0n) is 16.4. The summed E-state index contributed by atoms with van der Waals surface area (Å²) >= 11 is 0. The van der Waals surface area contributed by atoms with Gasteiger partial charge >= 0.3 is 0 Å². The molecule has 3 N–H and O–H groups in total. The van der Waals surface area contributed by atoms with Crippen molar-refractivity contribution in [1.29, 1.82) is 0 Å². The molecular formula is C21H27N5O2. The summed E-state index contributed by atoms with van der Waals surface area (Å²) in [5, 5.41) is 2.99. The monoisotopic (exact) mass is 381 g/mol. The first-order valence-corrected chi connectivity index (χ1v) is 9.99. The third kappa shape index (κ3) is 3.54. The zero-order valence-corrected chi connectivity index (χ0v) is 16.4. The second-order valence-corrected chi connectivity index (χ2v) is 7.83. The number of nitrogens with zero attached hydrogens (tertiary/aromatic N) is 3. The van der Waals surface area contributed by atoms with Crippen LogP contribution in [0.2, 0.25) is 0 Å². The van der Waals surface area contributed by atoms with Gasteiger partial charge in [-0.1, -0.05) is 26.0 Å². The van der Waals surface area contributed by atoms with Crippen molar-refractivity contribution >= 4 is 33.9 Å². The minimum absolute atomic E-state index is 0.0861. The molecule has 0 aliphatic carbocycles. The summed E-state index contributed by atoms with van der Waals surface area (Å²) in [6.07, 6.45) is 3.02. The highest BCUT2D eigenvalue weighted by Gasteiger charge is 2.26. The first-order chi connectivity index (χ1) is 13.5. The van der Waals surface area contributed by atoms with Crippen LogP contribution in [0.5, 0.6) is 0 Å². The Morgan fingerprint density at radius 2 is 2.07 bits per heavy atom. The van der Waals surface area contributed by atoms with Crippen molar-refractivity contribution in [3.05, 3.63) is 29.8 Å². The van der Waals surface area contributed by atoms with E-state index in [4.69, 9.17) is 20.4 Å². The van der Waals surface area contributed by atoms with Gasteiger partial charge in [-0.3, -0.25) is 4.79 Å². The lowest BCUT2D eigenvalue weighted by atomic mass is 10.1. The summed E-state index contributed by atoms with van der Waals surface area (Å²) in [6, 6.07) is 7.66. The number of carbonyl (C=O) groups excluding carboxylic acids is 1. The Morgan fingerprint density at radius 1 is 1.32 bits per heavy atom. The van der Waals surface area contributed by atoms with Crippen LogP contribution in [0.25, 0.3) is 22.2 Å². The Kier molecular flexibility index (Phi) is 5.17. The fourth-order valence-corrected chi connectivity index (χ4v) is 3.68. The molecule has 0 spiro atoms. The maximum absolute atomic E-state index is 12.9. The molecule has 4 rings (SSSR count). The van der Waals surface area contributed by atoms with Crippen LogP contribution in [0.4, 0.5) is 5.82 Å². The predicted octanol–water partition coefficient (Wildman–Crippen LogP) is 3.12. The number of nitrogens with two attached hydrogens (primary N) is 1. The SMILES string of the molecule is CC(C)CCNC(=O)c1c(N)n(C[C@H]2CCCO2)c2nc3ccccc3nc12. The molecule has 0 bridgehead atoms. The summed E-state index contributed by atoms with van der Waals surface area (Å²) in [4.78, 5) is 22.5. The van der Waals surface area contributed by atoms with Crippen LogP contribution < -0.4 is 11.1 Å². The maximum atomic E-state index is 12.9. The number of hydrogen-bond acceptors (Lipinski definition) is 5. The van der Waals surface area contributed by atoms with Gasteiger partial charge in [0, 0.05) is 13.2 Å². The van der Waals surface area contributed by atoms with Crippen molar-refractivity contribution in [2.24, 2.45) is 5.92 Å². The van der Waals surface area contributed by atoms with E-state index < -0.39 is 0 Å². The fraction of sp³-hybridized carbons (Fsp3) is 0.476. The highest BCUT2D eigenvalue weighted by molar-refractivity contribution is 6.10. The molecule has 1 amide bonds. The second kappa shape index (κ2) is 7.75. The topological polar surface area (TPSA) is 95.1 Å². The van der Waals surface area contributed by atoms with Gasteiger partial charge in [-0.05, 0) is 37.3 Å². The van der Waals surface area contributed by atoms with Gasteiger partial charge in [-0.25, -0.2) is 9.97 Å². The van der Waals surface area contributed by atoms with Crippen molar-refractivity contribution in [2.45, 2.75) is 45.8 Å². The largest absolute Gasteiger partial charge is 0.384 e. The zero-order chi connectivity index (χ0) is 19.7. The summed E-state index contributed by atoms with van der Waals surface area (Å²) in [7, 11) is 0. The number of anilines is 1. The van der Waals surface area contributed by atoms with Crippen LogP contribution in [0.3, 0.4) is 0 Å². The number of ether oxygens (including phenoxy) is 1. The number of rotatable bonds is 6. The molecule has 0 saturated carbocycles. The number of amides is 1. The average Bonchev–Trinajstić information content (AvgIpc) is 3.27. The molecule has 0 unspecified atom stereocenters. The van der Waals surface area contributed by atoms with E-state index in [1.807, 2.05) is 28.8 Å². The highest BCUT2D eigenvalue weighted by atomic mass is 16.5. The molecule has 2 aromatic heterocycles. The molecule has 7 heteroatoms. The Morgan fingerprint density at radius 3 is 2.75 bits per heavy atom. The number of hydrogen-bond donors (Lipinski definition) is 2. The summed E-state index contributed by atoms with van der Waals surface area (Å²) in [5.74, 6) is 0.726. The third-order valence-corrected chi connectivity index (χ3v) is 5.24. The quantitative estimate of drug-likeness (QED) is 0.684. The first-order valence-electron chi connectivity index (χ1n) is 9.99. The number of nitrogen functional groups attached to an aromatic ring is 1. The molecule has 0 radical (unpaired) electrons. The van der Waals surface area contributed by atoms with Crippen molar-refractivity contribution < 1.29 is 9.53 Å². The number of nitrogens with one attached hydrogen (secondary N) is 1. The van der Waals surface area contributed by atoms with E-state index in [-0.39, 0.29) is 12.0 Å². The Balaban J connectivity index is 1.79. The predicted molar refractivity (Wildman–Crippen MR) is 110 cm³/mol. The van der Waals surface area contributed by atoms with Gasteiger partial charge in [-0.2, -0.15) is 0 Å². The molecule has 3 aromatic rings. The number of aromatic nitrogens is 3. The van der Waals surface area contributed by atoms with E-state index in [1.54, 1.807) is 0 Å². The van der Waals surface area contributed by atoms with Crippen LogP contribution in [0.15, 0.2) is 24.3 Å².